The lowest BCUT2D eigenvalue weighted by molar-refractivity contribution is 0.102. The minimum absolute atomic E-state index is 0.314. The first-order valence-electron chi connectivity index (χ1n) is 6.22. The minimum atomic E-state index is -0.675. The monoisotopic (exact) mass is 281 g/mol. The van der Waals surface area contributed by atoms with Gasteiger partial charge in [-0.1, -0.05) is 12.1 Å². The standard InChI is InChI=1S/C15H11N3O3/c19-13-10-3-1-2-4-11(10)18-15(21)12(13)14(20)17-9-5-7-16-8-6-9/h1-8H,(H,16,17,20)(H2,18,19,21). The number of rotatable bonds is 2. The van der Waals surface area contributed by atoms with Gasteiger partial charge in [-0.15, -0.1) is 0 Å². The van der Waals surface area contributed by atoms with Gasteiger partial charge in [0.1, 0.15) is 5.56 Å². The highest BCUT2D eigenvalue weighted by molar-refractivity contribution is 6.07. The van der Waals surface area contributed by atoms with Crippen molar-refractivity contribution >= 4 is 22.5 Å². The Morgan fingerprint density at radius 3 is 2.62 bits per heavy atom. The highest BCUT2D eigenvalue weighted by atomic mass is 16.3. The lowest BCUT2D eigenvalue weighted by Gasteiger charge is -2.07. The maximum atomic E-state index is 12.3. The Morgan fingerprint density at radius 1 is 1.14 bits per heavy atom. The molecule has 0 fully saturated rings. The van der Waals surface area contributed by atoms with E-state index in [2.05, 4.69) is 15.3 Å². The number of para-hydroxylation sites is 1. The van der Waals surface area contributed by atoms with Gasteiger partial charge in [-0.05, 0) is 24.3 Å². The van der Waals surface area contributed by atoms with Crippen LogP contribution in [-0.4, -0.2) is 21.0 Å². The van der Waals surface area contributed by atoms with Crippen molar-refractivity contribution in [1.29, 1.82) is 0 Å². The summed E-state index contributed by atoms with van der Waals surface area (Å²) in [7, 11) is 0. The largest absolute Gasteiger partial charge is 0.494 e. The lowest BCUT2D eigenvalue weighted by atomic mass is 10.1. The van der Waals surface area contributed by atoms with Gasteiger partial charge >= 0.3 is 0 Å². The van der Waals surface area contributed by atoms with E-state index in [4.69, 9.17) is 0 Å². The van der Waals surface area contributed by atoms with Crippen LogP contribution < -0.4 is 10.7 Å². The number of hydrogen-bond donors (Lipinski definition) is 3. The number of carbonyl (C=O) groups is 1. The Kier molecular flexibility index (Phi) is 3.12. The molecule has 2 aromatic heterocycles. The van der Waals surface area contributed by atoms with Crippen LogP contribution in [0, 0.1) is 0 Å². The summed E-state index contributed by atoms with van der Waals surface area (Å²) in [5, 5.41) is 12.8. The maximum Gasteiger partial charge on any atom is 0.265 e. The van der Waals surface area contributed by atoms with Crippen molar-refractivity contribution in [3.05, 3.63) is 64.6 Å². The first kappa shape index (κ1) is 12.9. The predicted octanol–water partition coefficient (Wildman–Crippen LogP) is 1.88. The van der Waals surface area contributed by atoms with E-state index in [0.717, 1.165) is 0 Å². The fraction of sp³-hybridized carbons (Fsp3) is 0. The summed E-state index contributed by atoms with van der Waals surface area (Å²) in [6.07, 6.45) is 3.03. The highest BCUT2D eigenvalue weighted by Gasteiger charge is 2.18. The van der Waals surface area contributed by atoms with Crippen LogP contribution in [-0.2, 0) is 0 Å². The molecule has 0 saturated heterocycles. The van der Waals surface area contributed by atoms with E-state index in [1.165, 1.54) is 12.4 Å². The molecule has 1 amide bonds. The summed E-state index contributed by atoms with van der Waals surface area (Å²) in [4.78, 5) is 31.0. The van der Waals surface area contributed by atoms with Gasteiger partial charge in [0, 0.05) is 23.5 Å². The molecule has 2 heterocycles. The number of pyridine rings is 2. The van der Waals surface area contributed by atoms with Crippen LogP contribution >= 0.6 is 0 Å². The average Bonchev–Trinajstić information content (AvgIpc) is 2.48. The molecule has 0 aliphatic heterocycles. The van der Waals surface area contributed by atoms with Crippen LogP contribution in [0.2, 0.25) is 0 Å². The number of H-pyrrole nitrogens is 1. The molecular weight excluding hydrogens is 270 g/mol. The molecule has 0 spiro atoms. The van der Waals surface area contributed by atoms with E-state index in [1.54, 1.807) is 36.4 Å². The second kappa shape index (κ2) is 5.09. The second-order valence-corrected chi connectivity index (χ2v) is 4.41. The Bertz CT molecular complexity index is 872. The summed E-state index contributed by atoms with van der Waals surface area (Å²) in [5.41, 5.74) is 0.126. The normalized spacial score (nSPS) is 10.5. The number of aromatic amines is 1. The molecule has 0 aliphatic carbocycles. The molecule has 0 atom stereocenters. The summed E-state index contributed by atoms with van der Waals surface area (Å²) >= 11 is 0. The van der Waals surface area contributed by atoms with Gasteiger partial charge in [-0.3, -0.25) is 14.6 Å². The Labute approximate surface area is 119 Å². The number of aromatic nitrogens is 2. The summed E-state index contributed by atoms with van der Waals surface area (Å²) in [6, 6.07) is 9.85. The van der Waals surface area contributed by atoms with Crippen LogP contribution in [0.15, 0.2) is 53.6 Å². The van der Waals surface area contributed by atoms with Crippen LogP contribution in [0.1, 0.15) is 10.4 Å². The van der Waals surface area contributed by atoms with Crippen molar-refractivity contribution in [2.45, 2.75) is 0 Å². The van der Waals surface area contributed by atoms with Crippen LogP contribution in [0.5, 0.6) is 5.88 Å². The molecule has 3 rings (SSSR count). The quantitative estimate of drug-likeness (QED) is 0.668. The predicted molar refractivity (Wildman–Crippen MR) is 78.4 cm³/mol. The molecule has 0 saturated carbocycles. The molecule has 21 heavy (non-hydrogen) atoms. The zero-order chi connectivity index (χ0) is 14.8. The number of hydrogen-bond acceptors (Lipinski definition) is 4. The molecule has 3 aromatic rings. The van der Waals surface area contributed by atoms with Gasteiger partial charge in [0.2, 0.25) is 11.3 Å². The second-order valence-electron chi connectivity index (χ2n) is 4.41. The van der Waals surface area contributed by atoms with Crippen LogP contribution in [0.4, 0.5) is 5.69 Å². The number of amides is 1. The van der Waals surface area contributed by atoms with Gasteiger partial charge in [0.05, 0.1) is 5.52 Å². The zero-order valence-electron chi connectivity index (χ0n) is 10.8. The molecule has 0 radical (unpaired) electrons. The van der Waals surface area contributed by atoms with E-state index >= 15 is 0 Å². The summed E-state index contributed by atoms with van der Waals surface area (Å²) in [6.45, 7) is 0. The van der Waals surface area contributed by atoms with Gasteiger partial charge in [-0.25, -0.2) is 0 Å². The number of aromatic hydroxyl groups is 1. The maximum absolute atomic E-state index is 12.3. The number of fused-ring (bicyclic) bond motifs is 1. The van der Waals surface area contributed by atoms with Crippen LogP contribution in [0.3, 0.4) is 0 Å². The molecule has 0 unspecified atom stereocenters. The van der Waals surface area contributed by atoms with E-state index < -0.39 is 17.2 Å². The van der Waals surface area contributed by atoms with E-state index in [1.807, 2.05) is 0 Å². The lowest BCUT2D eigenvalue weighted by Crippen LogP contribution is -2.22. The van der Waals surface area contributed by atoms with Crippen molar-refractivity contribution in [2.24, 2.45) is 0 Å². The molecule has 104 valence electrons. The van der Waals surface area contributed by atoms with Gasteiger partial charge in [-0.2, -0.15) is 0 Å². The fourth-order valence-electron chi connectivity index (χ4n) is 2.06. The summed E-state index contributed by atoms with van der Waals surface area (Å²) in [5.74, 6) is -1.13. The van der Waals surface area contributed by atoms with Crippen LogP contribution in [0.25, 0.3) is 10.9 Å². The fourth-order valence-corrected chi connectivity index (χ4v) is 2.06. The van der Waals surface area contributed by atoms with E-state index in [-0.39, 0.29) is 5.56 Å². The van der Waals surface area contributed by atoms with Crippen molar-refractivity contribution in [1.82, 2.24) is 9.97 Å². The van der Waals surface area contributed by atoms with Gasteiger partial charge < -0.3 is 15.4 Å². The molecule has 6 nitrogen and oxygen atoms in total. The first-order valence-corrected chi connectivity index (χ1v) is 6.22. The Hall–Kier alpha value is -3.15. The van der Waals surface area contributed by atoms with Gasteiger partial charge in [0.25, 0.3) is 5.91 Å². The number of nitrogens with zero attached hydrogens (tertiary/aromatic N) is 1. The number of anilines is 1. The number of carbonyl (C=O) groups excluding carboxylic acids is 1. The van der Waals surface area contributed by atoms with E-state index in [0.29, 0.717) is 16.6 Å². The zero-order valence-corrected chi connectivity index (χ0v) is 10.8. The SMILES string of the molecule is O=C(Nc1ccncc1)c1c(O)[nH]c2ccccc2c1=O. The molecule has 0 bridgehead atoms. The Morgan fingerprint density at radius 2 is 1.86 bits per heavy atom. The van der Waals surface area contributed by atoms with Gasteiger partial charge in [0.15, 0.2) is 0 Å². The topological polar surface area (TPSA) is 95.1 Å². The number of benzene rings is 1. The average molecular weight is 281 g/mol. The minimum Gasteiger partial charge on any atom is -0.494 e. The third-order valence-corrected chi connectivity index (χ3v) is 3.05. The molecule has 6 heteroatoms. The first-order chi connectivity index (χ1) is 10.2. The third-order valence-electron chi connectivity index (χ3n) is 3.05. The van der Waals surface area contributed by atoms with Crippen molar-refractivity contribution in [3.8, 4) is 5.88 Å². The smallest absolute Gasteiger partial charge is 0.265 e. The molecule has 0 aliphatic rings. The highest BCUT2D eigenvalue weighted by Crippen LogP contribution is 2.17. The summed E-state index contributed by atoms with van der Waals surface area (Å²) < 4.78 is 0. The Balaban J connectivity index is 2.08. The third kappa shape index (κ3) is 2.34. The van der Waals surface area contributed by atoms with Crippen molar-refractivity contribution < 1.29 is 9.90 Å². The molecule has 3 N–H and O–H groups in total. The number of nitrogens with one attached hydrogen (secondary N) is 2. The van der Waals surface area contributed by atoms with Crippen molar-refractivity contribution in [2.75, 3.05) is 5.32 Å². The molecular formula is C15H11N3O3. The van der Waals surface area contributed by atoms with E-state index in [9.17, 15) is 14.7 Å². The van der Waals surface area contributed by atoms with Crippen molar-refractivity contribution in [3.63, 3.8) is 0 Å². The molecule has 1 aromatic carbocycles.